The molecule has 2 aromatic carbocycles. The van der Waals surface area contributed by atoms with Crippen molar-refractivity contribution < 1.29 is 4.79 Å². The van der Waals surface area contributed by atoms with Crippen molar-refractivity contribution in [2.75, 3.05) is 0 Å². The lowest BCUT2D eigenvalue weighted by Gasteiger charge is -2.27. The summed E-state index contributed by atoms with van der Waals surface area (Å²) in [6, 6.07) is 17.9. The van der Waals surface area contributed by atoms with Gasteiger partial charge in [-0.2, -0.15) is 0 Å². The average Bonchev–Trinajstić information content (AvgIpc) is 2.47. The third kappa shape index (κ3) is 3.76. The van der Waals surface area contributed by atoms with Crippen LogP contribution in [0.25, 0.3) is 0 Å². The Balaban J connectivity index is 2.15. The van der Waals surface area contributed by atoms with Gasteiger partial charge in [-0.3, -0.25) is 4.79 Å². The summed E-state index contributed by atoms with van der Waals surface area (Å²) in [4.78, 5) is 12.5. The predicted octanol–water partition coefficient (Wildman–Crippen LogP) is 4.65. The zero-order valence-electron chi connectivity index (χ0n) is 14.1. The third-order valence-corrected chi connectivity index (χ3v) is 3.93. The number of nitrogens with one attached hydrogen (secondary N) is 1. The number of carbonyl (C=O) groups is 1. The van der Waals surface area contributed by atoms with Crippen LogP contribution < -0.4 is 5.32 Å². The number of amides is 1. The molecule has 0 fully saturated rings. The largest absolute Gasteiger partial charge is 0.343 e. The fourth-order valence-corrected chi connectivity index (χ4v) is 2.40. The first kappa shape index (κ1) is 16.3. The van der Waals surface area contributed by atoms with Crippen LogP contribution in [0.3, 0.4) is 0 Å². The Hall–Kier alpha value is -2.09. The van der Waals surface area contributed by atoms with E-state index in [1.54, 1.807) is 0 Å². The molecule has 0 aliphatic heterocycles. The molecule has 0 bridgehead atoms. The maximum Gasteiger partial charge on any atom is 0.251 e. The molecule has 0 saturated carbocycles. The van der Waals surface area contributed by atoms with E-state index in [9.17, 15) is 4.79 Å². The van der Waals surface area contributed by atoms with Gasteiger partial charge in [0.2, 0.25) is 0 Å². The van der Waals surface area contributed by atoms with Crippen LogP contribution in [0.2, 0.25) is 0 Å². The first-order chi connectivity index (χ1) is 10.2. The smallest absolute Gasteiger partial charge is 0.251 e. The lowest BCUT2D eigenvalue weighted by Crippen LogP contribution is -2.40. The summed E-state index contributed by atoms with van der Waals surface area (Å²) in [5, 5.41) is 3.11. The molecule has 0 heterocycles. The molecule has 2 heteroatoms. The average molecular weight is 295 g/mol. The fourth-order valence-electron chi connectivity index (χ4n) is 2.40. The molecule has 0 saturated heterocycles. The fraction of sp³-hybridized carbons (Fsp3) is 0.350. The van der Waals surface area contributed by atoms with Crippen molar-refractivity contribution >= 4 is 5.91 Å². The van der Waals surface area contributed by atoms with Crippen LogP contribution in [0.15, 0.2) is 54.6 Å². The van der Waals surface area contributed by atoms with Gasteiger partial charge in [0, 0.05) is 5.56 Å². The lowest BCUT2D eigenvalue weighted by molar-refractivity contribution is 0.0912. The van der Waals surface area contributed by atoms with E-state index in [4.69, 9.17) is 0 Å². The van der Waals surface area contributed by atoms with E-state index in [1.807, 2.05) is 68.4 Å². The second-order valence-corrected chi connectivity index (χ2v) is 7.27. The van der Waals surface area contributed by atoms with Gasteiger partial charge in [-0.15, -0.1) is 0 Å². The topological polar surface area (TPSA) is 29.1 Å². The molecular weight excluding hydrogens is 270 g/mol. The molecule has 116 valence electrons. The summed E-state index contributed by atoms with van der Waals surface area (Å²) in [6.45, 7) is 10.5. The number of rotatable bonds is 3. The number of benzene rings is 2. The van der Waals surface area contributed by atoms with Gasteiger partial charge in [0.15, 0.2) is 0 Å². The highest BCUT2D eigenvalue weighted by molar-refractivity contribution is 5.94. The van der Waals surface area contributed by atoms with E-state index in [2.05, 4.69) is 26.1 Å². The van der Waals surface area contributed by atoms with Gasteiger partial charge in [-0.25, -0.2) is 0 Å². The van der Waals surface area contributed by atoms with Crippen molar-refractivity contribution in [3.63, 3.8) is 0 Å². The molecule has 22 heavy (non-hydrogen) atoms. The van der Waals surface area contributed by atoms with Crippen molar-refractivity contribution in [1.29, 1.82) is 0 Å². The van der Waals surface area contributed by atoms with Gasteiger partial charge in [0.25, 0.3) is 5.91 Å². The molecule has 1 N–H and O–H groups in total. The lowest BCUT2D eigenvalue weighted by atomic mass is 9.86. The van der Waals surface area contributed by atoms with Gasteiger partial charge < -0.3 is 5.32 Å². The zero-order chi connectivity index (χ0) is 16.4. The van der Waals surface area contributed by atoms with Crippen LogP contribution in [0.1, 0.15) is 56.1 Å². The third-order valence-electron chi connectivity index (χ3n) is 3.93. The van der Waals surface area contributed by atoms with Crippen LogP contribution >= 0.6 is 0 Å². The molecule has 1 amide bonds. The van der Waals surface area contributed by atoms with Gasteiger partial charge in [-0.1, -0.05) is 63.2 Å². The van der Waals surface area contributed by atoms with E-state index >= 15 is 0 Å². The minimum Gasteiger partial charge on any atom is -0.343 e. The predicted molar refractivity (Wildman–Crippen MR) is 92.1 cm³/mol. The number of hydrogen-bond donors (Lipinski definition) is 1. The first-order valence-corrected chi connectivity index (χ1v) is 7.69. The minimum absolute atomic E-state index is 0.0469. The van der Waals surface area contributed by atoms with E-state index in [-0.39, 0.29) is 11.3 Å². The van der Waals surface area contributed by atoms with E-state index in [0.29, 0.717) is 5.56 Å². The van der Waals surface area contributed by atoms with Gasteiger partial charge in [0.05, 0.1) is 5.54 Å². The minimum atomic E-state index is -0.402. The molecule has 0 aliphatic rings. The zero-order valence-corrected chi connectivity index (χ0v) is 14.1. The Bertz CT molecular complexity index is 634. The summed E-state index contributed by atoms with van der Waals surface area (Å²) in [5.41, 5.74) is 2.71. The van der Waals surface area contributed by atoms with E-state index < -0.39 is 5.54 Å². The summed E-state index contributed by atoms with van der Waals surface area (Å²) < 4.78 is 0. The highest BCUT2D eigenvalue weighted by atomic mass is 16.1. The molecule has 0 radical (unpaired) electrons. The summed E-state index contributed by atoms with van der Waals surface area (Å²) in [5.74, 6) is -0.0469. The van der Waals surface area contributed by atoms with Crippen LogP contribution in [0.4, 0.5) is 0 Å². The first-order valence-electron chi connectivity index (χ1n) is 7.69. The molecular formula is C20H25NO. The quantitative estimate of drug-likeness (QED) is 0.877. The summed E-state index contributed by atoms with van der Waals surface area (Å²) in [7, 11) is 0. The standard InChI is InChI=1S/C20H25NO/c1-19(2,3)16-13-11-15(12-14-16)18(22)21-20(4,5)17-9-7-6-8-10-17/h6-14H,1-5H3,(H,21,22). The normalized spacial score (nSPS) is 12.0. The second kappa shape index (κ2) is 5.96. The van der Waals surface area contributed by atoms with Gasteiger partial charge in [-0.05, 0) is 42.5 Å². The molecule has 0 atom stereocenters. The van der Waals surface area contributed by atoms with Crippen molar-refractivity contribution in [3.8, 4) is 0 Å². The SMILES string of the molecule is CC(C)(C)c1ccc(C(=O)NC(C)(C)c2ccccc2)cc1. The van der Waals surface area contributed by atoms with Crippen molar-refractivity contribution in [2.45, 2.75) is 45.6 Å². The van der Waals surface area contributed by atoms with Crippen molar-refractivity contribution in [2.24, 2.45) is 0 Å². The summed E-state index contributed by atoms with van der Waals surface area (Å²) in [6.07, 6.45) is 0. The van der Waals surface area contributed by atoms with Gasteiger partial charge in [0.1, 0.15) is 0 Å². The number of hydrogen-bond acceptors (Lipinski definition) is 1. The molecule has 2 nitrogen and oxygen atoms in total. The Morgan fingerprint density at radius 1 is 0.773 bits per heavy atom. The maximum absolute atomic E-state index is 12.5. The molecule has 2 rings (SSSR count). The summed E-state index contributed by atoms with van der Waals surface area (Å²) >= 11 is 0. The van der Waals surface area contributed by atoms with Crippen LogP contribution in [0, 0.1) is 0 Å². The maximum atomic E-state index is 12.5. The Morgan fingerprint density at radius 2 is 1.32 bits per heavy atom. The van der Waals surface area contributed by atoms with E-state index in [1.165, 1.54) is 5.56 Å². The monoisotopic (exact) mass is 295 g/mol. The second-order valence-electron chi connectivity index (χ2n) is 7.27. The Morgan fingerprint density at radius 3 is 1.82 bits per heavy atom. The molecule has 0 unspecified atom stereocenters. The van der Waals surface area contributed by atoms with Crippen molar-refractivity contribution in [3.05, 3.63) is 71.3 Å². The van der Waals surface area contributed by atoms with Gasteiger partial charge >= 0.3 is 0 Å². The molecule has 0 spiro atoms. The van der Waals surface area contributed by atoms with Crippen LogP contribution in [0.5, 0.6) is 0 Å². The number of carbonyl (C=O) groups excluding carboxylic acids is 1. The van der Waals surface area contributed by atoms with Crippen LogP contribution in [-0.2, 0) is 11.0 Å². The molecule has 0 aliphatic carbocycles. The van der Waals surface area contributed by atoms with E-state index in [0.717, 1.165) is 5.56 Å². The Kier molecular flexibility index (Phi) is 4.41. The Labute approximate surface area is 133 Å². The molecule has 2 aromatic rings. The molecule has 0 aromatic heterocycles. The van der Waals surface area contributed by atoms with Crippen molar-refractivity contribution in [1.82, 2.24) is 5.32 Å². The highest BCUT2D eigenvalue weighted by Crippen LogP contribution is 2.23. The highest BCUT2D eigenvalue weighted by Gasteiger charge is 2.23. The van der Waals surface area contributed by atoms with Crippen LogP contribution in [-0.4, -0.2) is 5.91 Å².